The Kier molecular flexibility index (Phi) is 13.8. The van der Waals surface area contributed by atoms with Crippen molar-refractivity contribution in [1.29, 1.82) is 0 Å². The first-order valence-electron chi connectivity index (χ1n) is 12.0. The first-order chi connectivity index (χ1) is 14.6. The molecule has 3 aliphatic rings. The molecule has 1 nitrogen and oxygen atoms in total. The Morgan fingerprint density at radius 3 is 2.06 bits per heavy atom. The normalized spacial score (nSPS) is 20.0. The van der Waals surface area contributed by atoms with Crippen molar-refractivity contribution in [2.75, 3.05) is 0 Å². The van der Waals surface area contributed by atoms with Crippen LogP contribution in [-0.2, 0) is 27.7 Å². The Morgan fingerprint density at radius 2 is 1.72 bits per heavy atom. The largest absolute Gasteiger partial charge is 1.00 e. The van der Waals surface area contributed by atoms with Crippen LogP contribution in [0.1, 0.15) is 80.5 Å². The molecule has 0 heterocycles. The summed E-state index contributed by atoms with van der Waals surface area (Å²) < 4.78 is 12.5. The molecule has 0 aliphatic heterocycles. The van der Waals surface area contributed by atoms with Gasteiger partial charge in [-0.3, -0.25) is 0 Å². The van der Waals surface area contributed by atoms with Gasteiger partial charge in [0.1, 0.15) is 0 Å². The summed E-state index contributed by atoms with van der Waals surface area (Å²) in [6, 6.07) is 0. The number of allylic oxidation sites excluding steroid dienone is 8. The van der Waals surface area contributed by atoms with Crippen LogP contribution in [0.2, 0.25) is 18.1 Å². The number of rotatable bonds is 9. The molecule has 180 valence electrons. The minimum absolute atomic E-state index is 0. The van der Waals surface area contributed by atoms with Gasteiger partial charge in [0, 0.05) is 0 Å². The van der Waals surface area contributed by atoms with Crippen LogP contribution < -0.4 is 12.4 Å². The van der Waals surface area contributed by atoms with Crippen LogP contribution in [0.5, 0.6) is 0 Å². The minimum Gasteiger partial charge on any atom is -1.00 e. The second-order valence-electron chi connectivity index (χ2n) is 10.7. The number of hydrogen-bond donors (Lipinski definition) is 0. The van der Waals surface area contributed by atoms with E-state index in [1.54, 1.807) is 6.56 Å². The monoisotopic (exact) mass is 664 g/mol. The van der Waals surface area contributed by atoms with E-state index >= 15 is 0 Å². The summed E-state index contributed by atoms with van der Waals surface area (Å²) in [6.07, 6.45) is 26.6. The average molecular weight is 666 g/mol. The van der Waals surface area contributed by atoms with Crippen molar-refractivity contribution in [2.24, 2.45) is 5.41 Å². The molecule has 0 amide bonds. The Morgan fingerprint density at radius 1 is 1.16 bits per heavy atom. The van der Waals surface area contributed by atoms with Gasteiger partial charge in [0.25, 0.3) is 0 Å². The van der Waals surface area contributed by atoms with Crippen LogP contribution >= 0.6 is 22.6 Å². The van der Waals surface area contributed by atoms with Crippen molar-refractivity contribution >= 4 is 30.9 Å². The Balaban J connectivity index is 0.000000667. The van der Waals surface area contributed by atoms with Crippen molar-refractivity contribution in [3.8, 4) is 0 Å². The average Bonchev–Trinajstić information content (AvgIpc) is 3.36. The second kappa shape index (κ2) is 14.4. The van der Waals surface area contributed by atoms with Gasteiger partial charge in [0.05, 0.1) is 6.10 Å². The molecule has 0 saturated heterocycles. The molecule has 1 fully saturated rings. The van der Waals surface area contributed by atoms with E-state index in [1.165, 1.54) is 44.9 Å². The third-order valence-corrected chi connectivity index (χ3v) is 15.7. The maximum atomic E-state index is 6.85. The smallest absolute Gasteiger partial charge is 0.192 e. The molecule has 0 aromatic heterocycles. The van der Waals surface area contributed by atoms with E-state index in [2.05, 4.69) is 110 Å². The summed E-state index contributed by atoms with van der Waals surface area (Å²) in [7, 11) is -1.68. The fraction of sp³-hybridized carbons (Fsp3) is 0.630. The molecule has 0 N–H and O–H groups in total. The van der Waals surface area contributed by atoms with E-state index < -0.39 is 8.32 Å². The Bertz CT molecular complexity index is 705. The molecule has 1 saturated carbocycles. The third-order valence-electron chi connectivity index (χ3n) is 7.33. The van der Waals surface area contributed by atoms with Crippen LogP contribution in [0.25, 0.3) is 0 Å². The molecule has 5 heteroatoms. The molecule has 0 spiro atoms. The predicted octanol–water partition coefficient (Wildman–Crippen LogP) is 6.56. The maximum absolute atomic E-state index is 6.85. The first kappa shape index (κ1) is 30.8. The zero-order chi connectivity index (χ0) is 23.0. The summed E-state index contributed by atoms with van der Waals surface area (Å²) >= 11 is 2.02. The number of halogens is 2. The van der Waals surface area contributed by atoms with E-state index in [4.69, 9.17) is 4.43 Å². The van der Waals surface area contributed by atoms with Gasteiger partial charge in [0.15, 0.2) is 8.32 Å². The number of hydrogen-bond acceptors (Lipinski definition) is 1. The fourth-order valence-electron chi connectivity index (χ4n) is 4.28. The summed E-state index contributed by atoms with van der Waals surface area (Å²) in [4.78, 5) is 0. The molecular formula is C27H44ClIOSiZr. The minimum atomic E-state index is -1.68. The third kappa shape index (κ3) is 9.10. The standard InChI is InChI=1S/C17H33IOSi.2C5H5.ClH.Zr.H/c1-7-11-17(12-9-13-17)15(10-8-14-18)19-20(5,6)16(2,3)4;2*1-2-4-5-3-1;;;/h8,14-15H,7,9-13H2,1-6H3;2*1-3H,4H2;1H;;/q;;;;+2;-1/p-1. The van der Waals surface area contributed by atoms with E-state index in [1.807, 2.05) is 0 Å². The van der Waals surface area contributed by atoms with Gasteiger partial charge in [-0.25, -0.2) is 0 Å². The van der Waals surface area contributed by atoms with Crippen molar-refractivity contribution in [3.63, 3.8) is 0 Å². The summed E-state index contributed by atoms with van der Waals surface area (Å²) in [6.45, 7) is 14.1. The van der Waals surface area contributed by atoms with E-state index in [-0.39, 0.29) is 37.1 Å². The zero-order valence-corrected chi connectivity index (χ0v) is 27.4. The van der Waals surface area contributed by atoms with Gasteiger partial charge in [-0.2, -0.15) is 0 Å². The predicted molar refractivity (Wildman–Crippen MR) is 146 cm³/mol. The molecule has 3 aliphatic carbocycles. The van der Waals surface area contributed by atoms with E-state index in [0.29, 0.717) is 16.6 Å². The fourth-order valence-corrected chi connectivity index (χ4v) is 8.96. The van der Waals surface area contributed by atoms with Crippen molar-refractivity contribution < 1.29 is 41.5 Å². The SMILES string of the molecule is C1=CC[C]([Zr+2][C]2=CC=CC2)=C1.CCCC1(C(CC=CI)O[Si](C)(C)C(C)(C)C)CCC1.[Cl-].[H-]. The molecule has 0 radical (unpaired) electrons. The van der Waals surface area contributed by atoms with Gasteiger partial charge in [-0.1, -0.05) is 69.2 Å². The van der Waals surface area contributed by atoms with Crippen molar-refractivity contribution in [3.05, 3.63) is 53.2 Å². The molecule has 3 rings (SSSR count). The second-order valence-corrected chi connectivity index (χ2v) is 20.0. The molecule has 0 aromatic carbocycles. The molecule has 32 heavy (non-hydrogen) atoms. The van der Waals surface area contributed by atoms with Crippen LogP contribution in [-0.4, -0.2) is 14.4 Å². The molecular weight excluding hydrogens is 622 g/mol. The van der Waals surface area contributed by atoms with E-state index in [9.17, 15) is 0 Å². The molecule has 1 unspecified atom stereocenters. The topological polar surface area (TPSA) is 9.23 Å². The Labute approximate surface area is 232 Å². The van der Waals surface area contributed by atoms with Gasteiger partial charge in [-0.15, -0.1) is 0 Å². The van der Waals surface area contributed by atoms with Crippen molar-refractivity contribution in [2.45, 2.75) is 103 Å². The first-order valence-corrected chi connectivity index (χ1v) is 18.7. The van der Waals surface area contributed by atoms with Crippen LogP contribution in [0.15, 0.2) is 53.2 Å². The van der Waals surface area contributed by atoms with Crippen molar-refractivity contribution in [1.82, 2.24) is 0 Å². The van der Waals surface area contributed by atoms with Crippen LogP contribution in [0, 0.1) is 5.41 Å². The van der Waals surface area contributed by atoms with Gasteiger partial charge >= 0.3 is 79.1 Å². The molecule has 1 atom stereocenters. The maximum Gasteiger partial charge on any atom is 0.192 e. The molecule has 0 bridgehead atoms. The summed E-state index contributed by atoms with van der Waals surface area (Å²) in [5, 5.41) is 0.302. The summed E-state index contributed by atoms with van der Waals surface area (Å²) in [5.41, 5.74) is 0.473. The van der Waals surface area contributed by atoms with Gasteiger partial charge in [-0.05, 0) is 53.3 Å². The van der Waals surface area contributed by atoms with Gasteiger partial charge < -0.3 is 18.3 Å². The van der Waals surface area contributed by atoms with Crippen LogP contribution in [0.3, 0.4) is 0 Å². The van der Waals surface area contributed by atoms with E-state index in [0.717, 1.165) is 6.42 Å². The Hall–Kier alpha value is 0.780. The van der Waals surface area contributed by atoms with Gasteiger partial charge in [0.2, 0.25) is 0 Å². The zero-order valence-electron chi connectivity index (χ0n) is 22.0. The molecule has 0 aromatic rings. The summed E-state index contributed by atoms with van der Waals surface area (Å²) in [5.74, 6) is 0. The van der Waals surface area contributed by atoms with Crippen LogP contribution in [0.4, 0.5) is 0 Å². The quantitative estimate of drug-likeness (QED) is 0.200.